The third-order valence-electron chi connectivity index (χ3n) is 4.74. The highest BCUT2D eigenvalue weighted by molar-refractivity contribution is 7.89. The molecule has 3 atom stereocenters. The van der Waals surface area contributed by atoms with Gasteiger partial charge in [0, 0.05) is 6.54 Å². The van der Waals surface area contributed by atoms with Crippen molar-refractivity contribution in [1.82, 2.24) is 14.9 Å². The number of hydrogen-bond acceptors (Lipinski definition) is 6. The number of rotatable bonds is 10. The normalized spacial score (nSPS) is 22.6. The standard InChI is InChI=1S/C19H30FN3O5S/c1-23(2)11-3-10-21-19(25)12-15-6-9-17(18(13-24)28-15)22-29(26,27)16-7-4-14(20)5-8-16/h4-5,7-8,15,17-18,22,24H,3,6,9-13H2,1-2H3,(H,21,25)/t15-,17-,18+/m0/s1. The van der Waals surface area contributed by atoms with E-state index >= 15 is 0 Å². The first-order chi connectivity index (χ1) is 13.7. The Balaban J connectivity index is 1.85. The van der Waals surface area contributed by atoms with Crippen molar-refractivity contribution in [3.63, 3.8) is 0 Å². The summed E-state index contributed by atoms with van der Waals surface area (Å²) in [5.41, 5.74) is 0. The third-order valence-corrected chi connectivity index (χ3v) is 6.25. The van der Waals surface area contributed by atoms with Gasteiger partial charge in [0.05, 0.1) is 36.2 Å². The van der Waals surface area contributed by atoms with Crippen molar-refractivity contribution < 1.29 is 27.4 Å². The highest BCUT2D eigenvalue weighted by Crippen LogP contribution is 2.23. The van der Waals surface area contributed by atoms with E-state index in [0.717, 1.165) is 25.1 Å². The Kier molecular flexibility index (Phi) is 8.97. The molecule has 3 N–H and O–H groups in total. The number of ether oxygens (including phenoxy) is 1. The van der Waals surface area contributed by atoms with Crippen LogP contribution >= 0.6 is 0 Å². The zero-order valence-electron chi connectivity index (χ0n) is 16.8. The van der Waals surface area contributed by atoms with Crippen molar-refractivity contribution in [2.75, 3.05) is 33.8 Å². The lowest BCUT2D eigenvalue weighted by Crippen LogP contribution is -2.51. The average Bonchev–Trinajstić information content (AvgIpc) is 2.66. The molecule has 0 bridgehead atoms. The third kappa shape index (κ3) is 7.63. The molecule has 1 saturated heterocycles. The molecule has 0 unspecified atom stereocenters. The molecule has 0 radical (unpaired) electrons. The van der Waals surface area contributed by atoms with Crippen molar-refractivity contribution >= 4 is 15.9 Å². The summed E-state index contributed by atoms with van der Waals surface area (Å²) in [6, 6.07) is 3.87. The maximum Gasteiger partial charge on any atom is 0.240 e. The molecular formula is C19H30FN3O5S. The molecule has 2 rings (SSSR count). The second kappa shape index (κ2) is 11.0. The van der Waals surface area contributed by atoms with Crippen LogP contribution in [0.3, 0.4) is 0 Å². The molecule has 0 spiro atoms. The molecule has 1 heterocycles. The van der Waals surface area contributed by atoms with Gasteiger partial charge >= 0.3 is 0 Å². The van der Waals surface area contributed by atoms with Crippen molar-refractivity contribution in [3.05, 3.63) is 30.1 Å². The van der Waals surface area contributed by atoms with E-state index in [1.165, 1.54) is 12.1 Å². The van der Waals surface area contributed by atoms with Crippen LogP contribution in [0.15, 0.2) is 29.2 Å². The van der Waals surface area contributed by atoms with Crippen LogP contribution in [0.25, 0.3) is 0 Å². The average molecular weight is 432 g/mol. The molecular weight excluding hydrogens is 401 g/mol. The first kappa shape index (κ1) is 23.7. The van der Waals surface area contributed by atoms with Gasteiger partial charge in [0.1, 0.15) is 5.82 Å². The molecule has 0 saturated carbocycles. The van der Waals surface area contributed by atoms with Gasteiger partial charge in [-0.1, -0.05) is 0 Å². The minimum atomic E-state index is -3.87. The van der Waals surface area contributed by atoms with Gasteiger partial charge in [0.2, 0.25) is 15.9 Å². The number of amides is 1. The van der Waals surface area contributed by atoms with Gasteiger partial charge in [-0.25, -0.2) is 17.5 Å². The first-order valence-electron chi connectivity index (χ1n) is 9.67. The van der Waals surface area contributed by atoms with Crippen molar-refractivity contribution in [1.29, 1.82) is 0 Å². The van der Waals surface area contributed by atoms with Crippen LogP contribution in [0.5, 0.6) is 0 Å². The van der Waals surface area contributed by atoms with Gasteiger partial charge in [0.15, 0.2) is 0 Å². The lowest BCUT2D eigenvalue weighted by molar-refractivity contribution is -0.130. The predicted molar refractivity (Wildman–Crippen MR) is 106 cm³/mol. The van der Waals surface area contributed by atoms with E-state index in [1.54, 1.807) is 0 Å². The highest BCUT2D eigenvalue weighted by Gasteiger charge is 2.34. The lowest BCUT2D eigenvalue weighted by Gasteiger charge is -2.35. The maximum atomic E-state index is 13.0. The predicted octanol–water partition coefficient (Wildman–Crippen LogP) is 0.471. The molecule has 1 amide bonds. The topological polar surface area (TPSA) is 108 Å². The van der Waals surface area contributed by atoms with Crippen LogP contribution in [0, 0.1) is 5.82 Å². The van der Waals surface area contributed by atoms with Crippen LogP contribution in [0.2, 0.25) is 0 Å². The summed E-state index contributed by atoms with van der Waals surface area (Å²) in [6.45, 7) is 1.08. The molecule has 8 nitrogen and oxygen atoms in total. The van der Waals surface area contributed by atoms with E-state index in [0.29, 0.717) is 19.4 Å². The van der Waals surface area contributed by atoms with Crippen LogP contribution in [0.4, 0.5) is 4.39 Å². The molecule has 1 aliphatic heterocycles. The first-order valence-corrected chi connectivity index (χ1v) is 11.1. The fourth-order valence-corrected chi connectivity index (χ4v) is 4.50. The molecule has 10 heteroatoms. The van der Waals surface area contributed by atoms with E-state index in [1.807, 2.05) is 19.0 Å². The zero-order chi connectivity index (χ0) is 21.4. The molecule has 0 aromatic heterocycles. The van der Waals surface area contributed by atoms with Gasteiger partial charge < -0.3 is 20.1 Å². The lowest BCUT2D eigenvalue weighted by atomic mass is 9.98. The molecule has 29 heavy (non-hydrogen) atoms. The summed E-state index contributed by atoms with van der Waals surface area (Å²) in [5.74, 6) is -0.656. The zero-order valence-corrected chi connectivity index (χ0v) is 17.6. The van der Waals surface area contributed by atoms with Gasteiger partial charge in [-0.2, -0.15) is 0 Å². The number of hydrogen-bond donors (Lipinski definition) is 3. The fourth-order valence-electron chi connectivity index (χ4n) is 3.20. The summed E-state index contributed by atoms with van der Waals surface area (Å²) in [5, 5.41) is 12.5. The molecule has 1 aliphatic rings. The van der Waals surface area contributed by atoms with Gasteiger partial charge in [-0.3, -0.25) is 4.79 Å². The van der Waals surface area contributed by atoms with Gasteiger partial charge in [-0.15, -0.1) is 0 Å². The smallest absolute Gasteiger partial charge is 0.240 e. The van der Waals surface area contributed by atoms with Crippen LogP contribution < -0.4 is 10.0 Å². The number of carbonyl (C=O) groups excluding carboxylic acids is 1. The number of benzene rings is 1. The van der Waals surface area contributed by atoms with Crippen molar-refractivity contribution in [2.45, 2.75) is 48.8 Å². The summed E-state index contributed by atoms with van der Waals surface area (Å²) in [6.07, 6.45) is 0.771. The minimum absolute atomic E-state index is 0.0604. The molecule has 0 aliphatic carbocycles. The number of halogens is 1. The van der Waals surface area contributed by atoms with Crippen LogP contribution in [0.1, 0.15) is 25.7 Å². The van der Waals surface area contributed by atoms with Crippen LogP contribution in [-0.4, -0.2) is 76.4 Å². The number of aliphatic hydroxyl groups excluding tert-OH is 1. The van der Waals surface area contributed by atoms with E-state index in [2.05, 4.69) is 10.0 Å². The minimum Gasteiger partial charge on any atom is -0.394 e. The highest BCUT2D eigenvalue weighted by atomic mass is 32.2. The Morgan fingerprint density at radius 3 is 2.59 bits per heavy atom. The molecule has 1 aromatic carbocycles. The number of carbonyl (C=O) groups is 1. The summed E-state index contributed by atoms with van der Waals surface area (Å²) < 4.78 is 46.3. The Bertz CT molecular complexity index is 758. The Labute approximate surface area is 171 Å². The summed E-state index contributed by atoms with van der Waals surface area (Å²) in [4.78, 5) is 14.0. The van der Waals surface area contributed by atoms with Gasteiger partial charge in [0.25, 0.3) is 0 Å². The van der Waals surface area contributed by atoms with E-state index in [4.69, 9.17) is 4.74 Å². The maximum absolute atomic E-state index is 13.0. The van der Waals surface area contributed by atoms with E-state index in [9.17, 15) is 22.7 Å². The molecule has 1 aromatic rings. The number of nitrogens with zero attached hydrogens (tertiary/aromatic N) is 1. The molecule has 1 fully saturated rings. The van der Waals surface area contributed by atoms with Crippen LogP contribution in [-0.2, 0) is 19.6 Å². The summed E-state index contributed by atoms with van der Waals surface area (Å²) in [7, 11) is 0.0582. The SMILES string of the molecule is CN(C)CCCNC(=O)C[C@@H]1CC[C@H](NS(=O)(=O)c2ccc(F)cc2)[C@@H](CO)O1. The largest absolute Gasteiger partial charge is 0.394 e. The van der Waals surface area contributed by atoms with E-state index < -0.39 is 28.0 Å². The van der Waals surface area contributed by atoms with Crippen molar-refractivity contribution in [3.8, 4) is 0 Å². The van der Waals surface area contributed by atoms with E-state index in [-0.39, 0.29) is 29.9 Å². The second-order valence-corrected chi connectivity index (χ2v) is 9.16. The Hall–Kier alpha value is -1.59. The Morgan fingerprint density at radius 2 is 1.97 bits per heavy atom. The monoisotopic (exact) mass is 431 g/mol. The number of nitrogens with one attached hydrogen (secondary N) is 2. The second-order valence-electron chi connectivity index (χ2n) is 7.45. The number of aliphatic hydroxyl groups is 1. The van der Waals surface area contributed by atoms with Gasteiger partial charge in [-0.05, 0) is 64.2 Å². The van der Waals surface area contributed by atoms with Crippen molar-refractivity contribution in [2.24, 2.45) is 0 Å². The fraction of sp³-hybridized carbons (Fsp3) is 0.632. The summed E-state index contributed by atoms with van der Waals surface area (Å²) >= 11 is 0. The Morgan fingerprint density at radius 1 is 1.28 bits per heavy atom. The number of sulfonamides is 1. The quantitative estimate of drug-likeness (QED) is 0.465. The molecule has 164 valence electrons.